The summed E-state index contributed by atoms with van der Waals surface area (Å²) in [5.41, 5.74) is 7.56. The second-order valence-corrected chi connectivity index (χ2v) is 4.86. The summed E-state index contributed by atoms with van der Waals surface area (Å²) in [6.07, 6.45) is 1.06. The molecular weight excluding hydrogens is 272 g/mol. The molecule has 2 nitrogen and oxygen atoms in total. The molecule has 0 amide bonds. The Labute approximate surface area is 104 Å². The minimum atomic E-state index is 0.416. The second kappa shape index (κ2) is 5.47. The normalized spacial score (nSPS) is 12.2. The molecule has 0 aliphatic carbocycles. The summed E-state index contributed by atoms with van der Waals surface area (Å²) in [6, 6.07) is 6.32. The first-order chi connectivity index (χ1) is 7.04. The summed E-state index contributed by atoms with van der Waals surface area (Å²) < 4.78 is 0.986. The minimum Gasteiger partial charge on any atom is -0.389 e. The zero-order valence-corrected chi connectivity index (χ0v) is 11.3. The molecule has 0 radical (unpaired) electrons. The second-order valence-electron chi connectivity index (χ2n) is 3.51. The van der Waals surface area contributed by atoms with E-state index in [1.807, 2.05) is 18.2 Å². The van der Waals surface area contributed by atoms with Gasteiger partial charge in [0.05, 0.1) is 0 Å². The first-order valence-corrected chi connectivity index (χ1v) is 6.10. The fourth-order valence-corrected chi connectivity index (χ4v) is 1.74. The van der Waals surface area contributed by atoms with Crippen molar-refractivity contribution in [2.75, 3.05) is 5.32 Å². The molecule has 1 aromatic carbocycles. The Kier molecular flexibility index (Phi) is 4.54. The van der Waals surface area contributed by atoms with Gasteiger partial charge in [0.2, 0.25) is 0 Å². The number of halogens is 1. The van der Waals surface area contributed by atoms with Gasteiger partial charge < -0.3 is 11.1 Å². The van der Waals surface area contributed by atoms with E-state index in [4.69, 9.17) is 18.0 Å². The lowest BCUT2D eigenvalue weighted by atomic mass is 10.1. The summed E-state index contributed by atoms with van der Waals surface area (Å²) in [5.74, 6) is 0. The molecule has 0 saturated heterocycles. The van der Waals surface area contributed by atoms with Crippen LogP contribution in [0.15, 0.2) is 22.7 Å². The molecular formula is C11H15BrN2S. The molecule has 0 heterocycles. The summed E-state index contributed by atoms with van der Waals surface area (Å²) in [6.45, 7) is 4.27. The standard InChI is InChI=1S/C11H15BrN2S/c1-3-7(2)14-10-5-4-8(12)6-9(10)11(13)15/h4-7,14H,3H2,1-2H3,(H2,13,15). The molecule has 3 N–H and O–H groups in total. The van der Waals surface area contributed by atoms with Crippen molar-refractivity contribution in [2.45, 2.75) is 26.3 Å². The average Bonchev–Trinajstić information content (AvgIpc) is 2.20. The number of hydrogen-bond acceptors (Lipinski definition) is 2. The van der Waals surface area contributed by atoms with Crippen molar-refractivity contribution >= 4 is 38.8 Å². The molecule has 0 saturated carbocycles. The summed E-state index contributed by atoms with van der Waals surface area (Å²) in [7, 11) is 0. The average molecular weight is 287 g/mol. The molecule has 1 rings (SSSR count). The lowest BCUT2D eigenvalue weighted by molar-refractivity contribution is 0.764. The number of anilines is 1. The van der Waals surface area contributed by atoms with Crippen LogP contribution in [0.2, 0.25) is 0 Å². The quantitative estimate of drug-likeness (QED) is 0.834. The smallest absolute Gasteiger partial charge is 0.106 e. The third kappa shape index (κ3) is 3.47. The van der Waals surface area contributed by atoms with E-state index in [1.165, 1.54) is 0 Å². The van der Waals surface area contributed by atoms with E-state index >= 15 is 0 Å². The van der Waals surface area contributed by atoms with E-state index in [0.29, 0.717) is 11.0 Å². The van der Waals surface area contributed by atoms with Gasteiger partial charge in [-0.3, -0.25) is 0 Å². The van der Waals surface area contributed by atoms with Crippen molar-refractivity contribution in [3.05, 3.63) is 28.2 Å². The molecule has 0 aromatic heterocycles. The van der Waals surface area contributed by atoms with Crippen LogP contribution in [0.1, 0.15) is 25.8 Å². The van der Waals surface area contributed by atoms with Crippen LogP contribution in [0.3, 0.4) is 0 Å². The third-order valence-corrected chi connectivity index (χ3v) is 2.97. The minimum absolute atomic E-state index is 0.416. The number of hydrogen-bond donors (Lipinski definition) is 2. The molecule has 1 atom stereocenters. The highest BCUT2D eigenvalue weighted by Crippen LogP contribution is 2.22. The molecule has 4 heteroatoms. The van der Waals surface area contributed by atoms with Crippen molar-refractivity contribution in [1.29, 1.82) is 0 Å². The molecule has 82 valence electrons. The van der Waals surface area contributed by atoms with Crippen LogP contribution in [0, 0.1) is 0 Å². The van der Waals surface area contributed by atoms with Gasteiger partial charge in [-0.1, -0.05) is 35.1 Å². The summed E-state index contributed by atoms with van der Waals surface area (Å²) in [5, 5.41) is 3.38. The van der Waals surface area contributed by atoms with Crippen LogP contribution in [0.5, 0.6) is 0 Å². The van der Waals surface area contributed by atoms with Gasteiger partial charge >= 0.3 is 0 Å². The number of rotatable bonds is 4. The molecule has 0 bridgehead atoms. The highest BCUT2D eigenvalue weighted by molar-refractivity contribution is 9.10. The third-order valence-electron chi connectivity index (χ3n) is 2.26. The summed E-state index contributed by atoms with van der Waals surface area (Å²) in [4.78, 5) is 0.419. The van der Waals surface area contributed by atoms with Gasteiger partial charge in [0, 0.05) is 21.8 Å². The van der Waals surface area contributed by atoms with Gasteiger partial charge in [-0.05, 0) is 31.5 Å². The van der Waals surface area contributed by atoms with Gasteiger partial charge in [0.25, 0.3) is 0 Å². The zero-order chi connectivity index (χ0) is 11.4. The molecule has 0 aliphatic rings. The summed E-state index contributed by atoms with van der Waals surface area (Å²) >= 11 is 8.42. The Morgan fingerprint density at radius 3 is 2.80 bits per heavy atom. The lowest BCUT2D eigenvalue weighted by Gasteiger charge is -2.16. The maximum Gasteiger partial charge on any atom is 0.106 e. The number of nitrogens with two attached hydrogens (primary N) is 1. The SMILES string of the molecule is CCC(C)Nc1ccc(Br)cc1C(N)=S. The van der Waals surface area contributed by atoms with E-state index < -0.39 is 0 Å². The van der Waals surface area contributed by atoms with Gasteiger partial charge in [-0.15, -0.1) is 0 Å². The highest BCUT2D eigenvalue weighted by atomic mass is 79.9. The van der Waals surface area contributed by atoms with Crippen LogP contribution in [-0.4, -0.2) is 11.0 Å². The fraction of sp³-hybridized carbons (Fsp3) is 0.364. The van der Waals surface area contributed by atoms with E-state index in [0.717, 1.165) is 22.1 Å². The first kappa shape index (κ1) is 12.5. The van der Waals surface area contributed by atoms with Crippen molar-refractivity contribution in [3.8, 4) is 0 Å². The Balaban J connectivity index is 3.01. The predicted octanol–water partition coefficient (Wildman–Crippen LogP) is 3.29. The first-order valence-electron chi connectivity index (χ1n) is 4.90. The van der Waals surface area contributed by atoms with Crippen LogP contribution in [-0.2, 0) is 0 Å². The van der Waals surface area contributed by atoms with Crippen molar-refractivity contribution in [2.24, 2.45) is 5.73 Å². The zero-order valence-electron chi connectivity index (χ0n) is 8.88. The topological polar surface area (TPSA) is 38.0 Å². The molecule has 1 aromatic rings. The maximum absolute atomic E-state index is 5.67. The van der Waals surface area contributed by atoms with Gasteiger partial charge in [0.15, 0.2) is 0 Å². The Bertz CT molecular complexity index is 366. The number of benzene rings is 1. The predicted molar refractivity (Wildman–Crippen MR) is 73.4 cm³/mol. The van der Waals surface area contributed by atoms with Crippen LogP contribution in [0.25, 0.3) is 0 Å². The Morgan fingerprint density at radius 2 is 2.27 bits per heavy atom. The van der Waals surface area contributed by atoms with Crippen LogP contribution >= 0.6 is 28.1 Å². The lowest BCUT2D eigenvalue weighted by Crippen LogP contribution is -2.18. The van der Waals surface area contributed by atoms with E-state index in [-0.39, 0.29) is 0 Å². The van der Waals surface area contributed by atoms with Gasteiger partial charge in [-0.25, -0.2) is 0 Å². The van der Waals surface area contributed by atoms with Gasteiger partial charge in [-0.2, -0.15) is 0 Å². The Morgan fingerprint density at radius 1 is 1.60 bits per heavy atom. The monoisotopic (exact) mass is 286 g/mol. The largest absolute Gasteiger partial charge is 0.389 e. The van der Waals surface area contributed by atoms with E-state index in [1.54, 1.807) is 0 Å². The molecule has 15 heavy (non-hydrogen) atoms. The maximum atomic E-state index is 5.67. The molecule has 0 aliphatic heterocycles. The van der Waals surface area contributed by atoms with E-state index in [9.17, 15) is 0 Å². The molecule has 0 spiro atoms. The van der Waals surface area contributed by atoms with Crippen LogP contribution in [0.4, 0.5) is 5.69 Å². The van der Waals surface area contributed by atoms with Crippen molar-refractivity contribution in [3.63, 3.8) is 0 Å². The molecule has 0 fully saturated rings. The van der Waals surface area contributed by atoms with Crippen LogP contribution < -0.4 is 11.1 Å². The molecule has 1 unspecified atom stereocenters. The number of thiocarbonyl (C=S) groups is 1. The van der Waals surface area contributed by atoms with Crippen molar-refractivity contribution in [1.82, 2.24) is 0 Å². The fourth-order valence-electron chi connectivity index (χ4n) is 1.21. The van der Waals surface area contributed by atoms with Gasteiger partial charge in [0.1, 0.15) is 4.99 Å². The number of nitrogens with one attached hydrogen (secondary N) is 1. The van der Waals surface area contributed by atoms with E-state index in [2.05, 4.69) is 35.1 Å². The highest BCUT2D eigenvalue weighted by Gasteiger charge is 2.07. The van der Waals surface area contributed by atoms with Crippen molar-refractivity contribution < 1.29 is 0 Å². The Hall–Kier alpha value is -0.610.